The standard InChI is InChI=1S/C21H31N5O3/c1-15-12-25(13-16(2)29-15)10-8-22-21(28)23-18-5-6-19-17(11-18)7-9-26(19)14-20(27)24(3)4/h5-7,9,11,15-16H,8,10,12-14H2,1-4H3,(H2,22,23,28). The lowest BCUT2D eigenvalue weighted by atomic mass is 10.2. The number of hydrogen-bond acceptors (Lipinski definition) is 4. The second-order valence-electron chi connectivity index (χ2n) is 7.90. The number of fused-ring (bicyclic) bond motifs is 1. The van der Waals surface area contributed by atoms with Crippen LogP contribution in [0.3, 0.4) is 0 Å². The van der Waals surface area contributed by atoms with Crippen molar-refractivity contribution in [1.82, 2.24) is 19.7 Å². The molecule has 0 radical (unpaired) electrons. The lowest BCUT2D eigenvalue weighted by Crippen LogP contribution is -2.48. The summed E-state index contributed by atoms with van der Waals surface area (Å²) in [6.45, 7) is 7.59. The van der Waals surface area contributed by atoms with Gasteiger partial charge in [0.15, 0.2) is 0 Å². The average molecular weight is 402 g/mol. The van der Waals surface area contributed by atoms with E-state index in [1.54, 1.807) is 19.0 Å². The minimum atomic E-state index is -0.221. The second-order valence-corrected chi connectivity index (χ2v) is 7.90. The Hall–Kier alpha value is -2.58. The van der Waals surface area contributed by atoms with Crippen molar-refractivity contribution in [1.29, 1.82) is 0 Å². The Morgan fingerprint density at radius 1 is 1.17 bits per heavy atom. The summed E-state index contributed by atoms with van der Waals surface area (Å²) in [5, 5.41) is 6.77. The van der Waals surface area contributed by atoms with Gasteiger partial charge in [-0.3, -0.25) is 9.69 Å². The number of nitrogens with zero attached hydrogens (tertiary/aromatic N) is 3. The number of aromatic nitrogens is 1. The van der Waals surface area contributed by atoms with Crippen LogP contribution < -0.4 is 10.6 Å². The Labute approximate surface area is 171 Å². The molecule has 1 aromatic heterocycles. The number of nitrogens with one attached hydrogen (secondary N) is 2. The molecule has 1 aliphatic heterocycles. The molecule has 0 saturated carbocycles. The number of urea groups is 1. The van der Waals surface area contributed by atoms with Crippen LogP contribution in [0, 0.1) is 0 Å². The normalized spacial score (nSPS) is 19.9. The summed E-state index contributed by atoms with van der Waals surface area (Å²) in [6.07, 6.45) is 2.33. The van der Waals surface area contributed by atoms with Crippen LogP contribution in [0.4, 0.5) is 10.5 Å². The van der Waals surface area contributed by atoms with Crippen molar-refractivity contribution in [2.24, 2.45) is 0 Å². The van der Waals surface area contributed by atoms with Gasteiger partial charge in [-0.25, -0.2) is 4.79 Å². The van der Waals surface area contributed by atoms with Gasteiger partial charge in [0, 0.05) is 63.1 Å². The van der Waals surface area contributed by atoms with E-state index in [-0.39, 0.29) is 24.1 Å². The minimum Gasteiger partial charge on any atom is -0.373 e. The summed E-state index contributed by atoms with van der Waals surface area (Å²) in [5.41, 5.74) is 1.68. The number of carbonyl (C=O) groups excluding carboxylic acids is 2. The Balaban J connectivity index is 1.50. The molecule has 2 unspecified atom stereocenters. The number of morpholine rings is 1. The quantitative estimate of drug-likeness (QED) is 0.776. The van der Waals surface area contributed by atoms with Gasteiger partial charge in [0.05, 0.1) is 12.2 Å². The summed E-state index contributed by atoms with van der Waals surface area (Å²) in [6, 6.07) is 7.41. The fraction of sp³-hybridized carbons (Fsp3) is 0.524. The van der Waals surface area contributed by atoms with E-state index in [9.17, 15) is 9.59 Å². The summed E-state index contributed by atoms with van der Waals surface area (Å²) < 4.78 is 7.64. The third-order valence-corrected chi connectivity index (χ3v) is 5.04. The summed E-state index contributed by atoms with van der Waals surface area (Å²) in [4.78, 5) is 28.1. The van der Waals surface area contributed by atoms with Crippen molar-refractivity contribution in [3.8, 4) is 0 Å². The second kappa shape index (κ2) is 9.28. The molecule has 3 amide bonds. The van der Waals surface area contributed by atoms with Crippen molar-refractivity contribution in [2.45, 2.75) is 32.6 Å². The molecule has 0 spiro atoms. The van der Waals surface area contributed by atoms with E-state index in [4.69, 9.17) is 4.74 Å². The number of likely N-dealkylation sites (N-methyl/N-ethyl adjacent to an activating group) is 1. The van der Waals surface area contributed by atoms with Crippen molar-refractivity contribution < 1.29 is 14.3 Å². The van der Waals surface area contributed by atoms with Crippen molar-refractivity contribution in [3.05, 3.63) is 30.5 Å². The fourth-order valence-electron chi connectivity index (χ4n) is 3.67. The molecule has 1 fully saturated rings. The van der Waals surface area contributed by atoms with E-state index in [0.29, 0.717) is 13.1 Å². The average Bonchev–Trinajstić information content (AvgIpc) is 3.03. The predicted molar refractivity (Wildman–Crippen MR) is 114 cm³/mol. The molecule has 2 aromatic rings. The van der Waals surface area contributed by atoms with Crippen LogP contribution in [0.2, 0.25) is 0 Å². The fourth-order valence-corrected chi connectivity index (χ4v) is 3.67. The first-order valence-corrected chi connectivity index (χ1v) is 10.0. The Bertz CT molecular complexity index is 853. The molecule has 0 bridgehead atoms. The van der Waals surface area contributed by atoms with Crippen LogP contribution in [0.1, 0.15) is 13.8 Å². The van der Waals surface area contributed by atoms with Gasteiger partial charge >= 0.3 is 6.03 Å². The number of hydrogen-bond donors (Lipinski definition) is 2. The van der Waals surface area contributed by atoms with E-state index in [0.717, 1.165) is 36.2 Å². The third-order valence-electron chi connectivity index (χ3n) is 5.04. The maximum atomic E-state index is 12.2. The number of carbonyl (C=O) groups is 2. The number of ether oxygens (including phenoxy) is 1. The molecular weight excluding hydrogens is 370 g/mol. The highest BCUT2D eigenvalue weighted by atomic mass is 16.5. The van der Waals surface area contributed by atoms with E-state index >= 15 is 0 Å². The van der Waals surface area contributed by atoms with Gasteiger partial charge in [0.25, 0.3) is 0 Å². The van der Waals surface area contributed by atoms with Crippen molar-refractivity contribution >= 4 is 28.5 Å². The molecule has 0 aliphatic carbocycles. The molecule has 29 heavy (non-hydrogen) atoms. The summed E-state index contributed by atoms with van der Waals surface area (Å²) in [5.74, 6) is 0.0353. The monoisotopic (exact) mass is 401 g/mol. The van der Waals surface area contributed by atoms with Crippen molar-refractivity contribution in [2.75, 3.05) is 45.6 Å². The molecule has 2 atom stereocenters. The third kappa shape index (κ3) is 5.71. The number of rotatable bonds is 6. The van der Waals surface area contributed by atoms with Crippen LogP contribution >= 0.6 is 0 Å². The molecule has 2 heterocycles. The molecule has 8 nitrogen and oxygen atoms in total. The van der Waals surface area contributed by atoms with E-state index < -0.39 is 0 Å². The highest BCUT2D eigenvalue weighted by Crippen LogP contribution is 2.20. The van der Waals surface area contributed by atoms with Crippen LogP contribution in [-0.4, -0.2) is 78.8 Å². The Kier molecular flexibility index (Phi) is 6.76. The first kappa shape index (κ1) is 21.1. The summed E-state index contributed by atoms with van der Waals surface area (Å²) in [7, 11) is 3.49. The highest BCUT2D eigenvalue weighted by Gasteiger charge is 2.21. The van der Waals surface area contributed by atoms with Gasteiger partial charge in [-0.2, -0.15) is 0 Å². The number of anilines is 1. The first-order valence-electron chi connectivity index (χ1n) is 10.0. The van der Waals surface area contributed by atoms with Crippen LogP contribution in [0.25, 0.3) is 10.9 Å². The maximum Gasteiger partial charge on any atom is 0.319 e. The molecular formula is C21H31N5O3. The predicted octanol–water partition coefficient (Wildman–Crippen LogP) is 1.96. The van der Waals surface area contributed by atoms with Gasteiger partial charge in [0.1, 0.15) is 6.54 Å². The SMILES string of the molecule is CC1CN(CCNC(=O)Nc2ccc3c(ccn3CC(=O)N(C)C)c2)CC(C)O1. The topological polar surface area (TPSA) is 78.8 Å². The molecule has 1 aliphatic rings. The van der Waals surface area contributed by atoms with Crippen LogP contribution in [0.5, 0.6) is 0 Å². The van der Waals surface area contributed by atoms with Crippen molar-refractivity contribution in [3.63, 3.8) is 0 Å². The van der Waals surface area contributed by atoms with Crippen LogP contribution in [-0.2, 0) is 16.1 Å². The zero-order chi connectivity index (χ0) is 21.0. The highest BCUT2D eigenvalue weighted by molar-refractivity contribution is 5.93. The van der Waals surface area contributed by atoms with E-state index in [2.05, 4.69) is 29.4 Å². The van der Waals surface area contributed by atoms with E-state index in [1.807, 2.05) is 35.0 Å². The van der Waals surface area contributed by atoms with Crippen LogP contribution in [0.15, 0.2) is 30.5 Å². The van der Waals surface area contributed by atoms with Gasteiger partial charge in [-0.05, 0) is 38.1 Å². The minimum absolute atomic E-state index is 0.0353. The van der Waals surface area contributed by atoms with Gasteiger partial charge in [0.2, 0.25) is 5.91 Å². The largest absolute Gasteiger partial charge is 0.373 e. The van der Waals surface area contributed by atoms with E-state index in [1.165, 1.54) is 0 Å². The van der Waals surface area contributed by atoms with Gasteiger partial charge in [-0.15, -0.1) is 0 Å². The molecule has 1 aromatic carbocycles. The lowest BCUT2D eigenvalue weighted by molar-refractivity contribution is -0.129. The summed E-state index contributed by atoms with van der Waals surface area (Å²) >= 11 is 0. The maximum absolute atomic E-state index is 12.2. The lowest BCUT2D eigenvalue weighted by Gasteiger charge is -2.35. The first-order chi connectivity index (χ1) is 13.8. The molecule has 2 N–H and O–H groups in total. The zero-order valence-electron chi connectivity index (χ0n) is 17.6. The Morgan fingerprint density at radius 3 is 2.59 bits per heavy atom. The molecule has 3 rings (SSSR count). The van der Waals surface area contributed by atoms with Gasteiger partial charge < -0.3 is 24.8 Å². The Morgan fingerprint density at radius 2 is 1.90 bits per heavy atom. The molecule has 8 heteroatoms. The smallest absolute Gasteiger partial charge is 0.319 e. The zero-order valence-corrected chi connectivity index (χ0v) is 17.6. The van der Waals surface area contributed by atoms with Gasteiger partial charge in [-0.1, -0.05) is 0 Å². The number of benzene rings is 1. The molecule has 158 valence electrons. The molecule has 1 saturated heterocycles. The number of amides is 3.